The summed E-state index contributed by atoms with van der Waals surface area (Å²) in [7, 11) is 1.60. The van der Waals surface area contributed by atoms with Gasteiger partial charge in [-0.05, 0) is 36.8 Å². The third-order valence-corrected chi connectivity index (χ3v) is 4.84. The van der Waals surface area contributed by atoms with E-state index in [1.807, 2.05) is 29.4 Å². The normalized spacial score (nSPS) is 19.2. The van der Waals surface area contributed by atoms with Crippen LogP contribution in [0.3, 0.4) is 0 Å². The number of thioether (sulfide) groups is 1. The molecule has 124 valence electrons. The molecule has 22 heavy (non-hydrogen) atoms. The number of alkyl halides is 3. The summed E-state index contributed by atoms with van der Waals surface area (Å²) in [6, 6.07) is 5.82. The monoisotopic (exact) mass is 335 g/mol. The Hall–Kier alpha value is -0.920. The highest BCUT2D eigenvalue weighted by molar-refractivity contribution is 7.98. The van der Waals surface area contributed by atoms with Crippen LogP contribution in [0.25, 0.3) is 0 Å². The van der Waals surface area contributed by atoms with E-state index in [1.165, 1.54) is 0 Å². The van der Waals surface area contributed by atoms with Crippen LogP contribution in [-0.4, -0.2) is 48.2 Å². The fraction of sp³-hybridized carbons (Fsp3) is 0.600. The Bertz CT molecular complexity index is 514. The van der Waals surface area contributed by atoms with Crippen molar-refractivity contribution in [3.05, 3.63) is 23.8 Å². The van der Waals surface area contributed by atoms with Crippen LogP contribution in [0.4, 0.5) is 13.2 Å². The minimum atomic E-state index is -4.55. The zero-order valence-electron chi connectivity index (χ0n) is 12.6. The number of halogens is 3. The molecule has 1 heterocycles. The molecule has 0 bridgehead atoms. The van der Waals surface area contributed by atoms with Crippen LogP contribution in [0, 0.1) is 0 Å². The largest absolute Gasteiger partial charge is 0.496 e. The third kappa shape index (κ3) is 3.70. The summed E-state index contributed by atoms with van der Waals surface area (Å²) >= 11 is 1.58. The van der Waals surface area contributed by atoms with Crippen molar-refractivity contribution in [3.63, 3.8) is 0 Å². The number of hydrogen-bond donors (Lipinski definition) is 1. The molecule has 1 N–H and O–H groups in total. The molecule has 1 fully saturated rings. The van der Waals surface area contributed by atoms with E-state index < -0.39 is 11.8 Å². The fourth-order valence-corrected chi connectivity index (χ4v) is 3.15. The van der Waals surface area contributed by atoms with E-state index in [0.717, 1.165) is 16.2 Å². The Morgan fingerprint density at radius 3 is 2.45 bits per heavy atom. The molecule has 0 saturated carbocycles. The Morgan fingerprint density at radius 2 is 1.95 bits per heavy atom. The standard InChI is InChI=1S/C15H20F3NO2S/c1-21-12-9-11(3-4-13(12)22-2)10-19-7-5-14(20,6-8-19)15(16,17)18/h3-4,9,20H,5-8,10H2,1-2H3. The lowest BCUT2D eigenvalue weighted by molar-refractivity contribution is -0.272. The van der Waals surface area contributed by atoms with E-state index >= 15 is 0 Å². The van der Waals surface area contributed by atoms with Crippen LogP contribution in [-0.2, 0) is 6.54 Å². The van der Waals surface area contributed by atoms with Crippen molar-refractivity contribution in [2.24, 2.45) is 0 Å². The molecule has 0 atom stereocenters. The molecule has 1 aromatic rings. The molecule has 1 saturated heterocycles. The first kappa shape index (κ1) is 17.4. The Labute approximate surface area is 132 Å². The van der Waals surface area contributed by atoms with Gasteiger partial charge in [0.1, 0.15) is 5.75 Å². The van der Waals surface area contributed by atoms with Crippen molar-refractivity contribution in [2.75, 3.05) is 26.5 Å². The summed E-state index contributed by atoms with van der Waals surface area (Å²) in [5.41, 5.74) is -1.55. The van der Waals surface area contributed by atoms with E-state index in [1.54, 1.807) is 18.9 Å². The van der Waals surface area contributed by atoms with Gasteiger partial charge in [-0.3, -0.25) is 4.90 Å². The summed E-state index contributed by atoms with van der Waals surface area (Å²) in [6.45, 7) is 1.00. The minimum Gasteiger partial charge on any atom is -0.496 e. The molecule has 7 heteroatoms. The first-order chi connectivity index (χ1) is 10.3. The Kier molecular flexibility index (Phi) is 5.29. The first-order valence-corrected chi connectivity index (χ1v) is 8.24. The Morgan fingerprint density at radius 1 is 1.32 bits per heavy atom. The van der Waals surface area contributed by atoms with Gasteiger partial charge in [-0.2, -0.15) is 13.2 Å². The molecule has 0 spiro atoms. The number of nitrogens with zero attached hydrogens (tertiary/aromatic N) is 1. The quantitative estimate of drug-likeness (QED) is 0.856. The summed E-state index contributed by atoms with van der Waals surface area (Å²) in [4.78, 5) is 2.95. The minimum absolute atomic E-state index is 0.225. The number of likely N-dealkylation sites (tertiary alicyclic amines) is 1. The lowest BCUT2D eigenvalue weighted by Crippen LogP contribution is -2.53. The number of piperidine rings is 1. The van der Waals surface area contributed by atoms with Crippen molar-refractivity contribution in [2.45, 2.75) is 36.1 Å². The molecular weight excluding hydrogens is 315 g/mol. The van der Waals surface area contributed by atoms with Crippen molar-refractivity contribution in [3.8, 4) is 5.75 Å². The van der Waals surface area contributed by atoms with Gasteiger partial charge in [0.15, 0.2) is 5.60 Å². The molecule has 1 aromatic carbocycles. The molecule has 1 aliphatic heterocycles. The number of ether oxygens (including phenoxy) is 1. The van der Waals surface area contributed by atoms with Gasteiger partial charge in [0.05, 0.1) is 7.11 Å². The van der Waals surface area contributed by atoms with Crippen molar-refractivity contribution >= 4 is 11.8 Å². The maximum Gasteiger partial charge on any atom is 0.417 e. The lowest BCUT2D eigenvalue weighted by Gasteiger charge is -2.39. The molecule has 0 aromatic heterocycles. The SMILES string of the molecule is COc1cc(CN2CCC(O)(C(F)(F)F)CC2)ccc1SC. The smallest absolute Gasteiger partial charge is 0.417 e. The summed E-state index contributed by atoms with van der Waals surface area (Å²) in [6.07, 6.45) is -3.16. The van der Waals surface area contributed by atoms with Gasteiger partial charge in [-0.25, -0.2) is 0 Å². The van der Waals surface area contributed by atoms with Gasteiger partial charge in [-0.1, -0.05) is 6.07 Å². The highest BCUT2D eigenvalue weighted by Gasteiger charge is 2.54. The summed E-state index contributed by atoms with van der Waals surface area (Å²) in [5, 5.41) is 9.67. The van der Waals surface area contributed by atoms with Gasteiger partial charge < -0.3 is 9.84 Å². The summed E-state index contributed by atoms with van der Waals surface area (Å²) in [5.74, 6) is 0.772. The van der Waals surface area contributed by atoms with Crippen LogP contribution in [0.15, 0.2) is 23.1 Å². The predicted molar refractivity (Wildman–Crippen MR) is 80.3 cm³/mol. The molecule has 0 unspecified atom stereocenters. The second-order valence-corrected chi connectivity index (χ2v) is 6.34. The van der Waals surface area contributed by atoms with Gasteiger partial charge in [0, 0.05) is 24.5 Å². The van der Waals surface area contributed by atoms with E-state index in [-0.39, 0.29) is 25.9 Å². The van der Waals surface area contributed by atoms with Crippen molar-refractivity contribution < 1.29 is 23.0 Å². The van der Waals surface area contributed by atoms with Crippen LogP contribution in [0.5, 0.6) is 5.75 Å². The molecule has 0 aliphatic carbocycles. The van der Waals surface area contributed by atoms with Crippen LogP contribution >= 0.6 is 11.8 Å². The van der Waals surface area contributed by atoms with Crippen LogP contribution < -0.4 is 4.74 Å². The van der Waals surface area contributed by atoms with E-state index in [2.05, 4.69) is 0 Å². The highest BCUT2D eigenvalue weighted by atomic mass is 32.2. The zero-order chi connectivity index (χ0) is 16.4. The second kappa shape index (κ2) is 6.68. The third-order valence-electron chi connectivity index (χ3n) is 4.07. The zero-order valence-corrected chi connectivity index (χ0v) is 13.4. The van der Waals surface area contributed by atoms with Gasteiger partial charge in [0.2, 0.25) is 0 Å². The average Bonchev–Trinajstić information content (AvgIpc) is 2.48. The number of benzene rings is 1. The number of hydrogen-bond acceptors (Lipinski definition) is 4. The number of aliphatic hydroxyl groups is 1. The van der Waals surface area contributed by atoms with Crippen LogP contribution in [0.1, 0.15) is 18.4 Å². The van der Waals surface area contributed by atoms with Gasteiger partial charge >= 0.3 is 6.18 Å². The second-order valence-electron chi connectivity index (χ2n) is 5.49. The van der Waals surface area contributed by atoms with Crippen LogP contribution in [0.2, 0.25) is 0 Å². The number of methoxy groups -OCH3 is 1. The van der Waals surface area contributed by atoms with Gasteiger partial charge in [-0.15, -0.1) is 11.8 Å². The predicted octanol–water partition coefficient (Wildman–Crippen LogP) is 3.31. The van der Waals surface area contributed by atoms with Crippen molar-refractivity contribution in [1.29, 1.82) is 0 Å². The maximum atomic E-state index is 12.8. The molecule has 2 rings (SSSR count). The lowest BCUT2D eigenvalue weighted by atomic mass is 9.90. The molecule has 0 amide bonds. The average molecular weight is 335 g/mol. The maximum absolute atomic E-state index is 12.8. The topological polar surface area (TPSA) is 32.7 Å². The molecule has 0 radical (unpaired) electrons. The highest BCUT2D eigenvalue weighted by Crippen LogP contribution is 2.38. The molecular formula is C15H20F3NO2S. The Balaban J connectivity index is 1.99. The van der Waals surface area contributed by atoms with E-state index in [9.17, 15) is 18.3 Å². The number of rotatable bonds is 4. The fourth-order valence-electron chi connectivity index (χ4n) is 2.60. The van der Waals surface area contributed by atoms with E-state index in [0.29, 0.717) is 6.54 Å². The van der Waals surface area contributed by atoms with Crippen molar-refractivity contribution in [1.82, 2.24) is 4.90 Å². The first-order valence-electron chi connectivity index (χ1n) is 7.01. The molecule has 1 aliphatic rings. The molecule has 3 nitrogen and oxygen atoms in total. The van der Waals surface area contributed by atoms with Gasteiger partial charge in [0.25, 0.3) is 0 Å². The van der Waals surface area contributed by atoms with E-state index in [4.69, 9.17) is 4.74 Å². The summed E-state index contributed by atoms with van der Waals surface area (Å²) < 4.78 is 43.6.